The van der Waals surface area contributed by atoms with Gasteiger partial charge in [-0.3, -0.25) is 4.79 Å². The average Bonchev–Trinajstić information content (AvgIpc) is 2.78. The molecule has 4 rings (SSSR count). The van der Waals surface area contributed by atoms with Crippen LogP contribution in [0.1, 0.15) is 17.0 Å². The summed E-state index contributed by atoms with van der Waals surface area (Å²) in [7, 11) is 1.58. The Labute approximate surface area is 185 Å². The van der Waals surface area contributed by atoms with Gasteiger partial charge < -0.3 is 25.0 Å². The summed E-state index contributed by atoms with van der Waals surface area (Å²) in [5.41, 5.74) is 1.87. The molecule has 0 bridgehead atoms. The Morgan fingerprint density at radius 3 is 2.69 bits per heavy atom. The Bertz CT molecular complexity index is 1060. The van der Waals surface area contributed by atoms with Crippen molar-refractivity contribution >= 4 is 17.6 Å². The van der Waals surface area contributed by atoms with Crippen molar-refractivity contribution in [2.24, 2.45) is 0 Å². The number of aliphatic hydroxyl groups is 1. The first kappa shape index (κ1) is 21.8. The summed E-state index contributed by atoms with van der Waals surface area (Å²) < 4.78 is 18.8. The van der Waals surface area contributed by atoms with E-state index >= 15 is 0 Å². The van der Waals surface area contributed by atoms with Crippen molar-refractivity contribution in [2.45, 2.75) is 18.0 Å². The Kier molecular flexibility index (Phi) is 6.40. The maximum atomic E-state index is 13.9. The normalized spacial score (nSPS) is 21.8. The number of para-hydroxylation sites is 1. The van der Waals surface area contributed by atoms with E-state index in [1.807, 2.05) is 24.3 Å². The molecule has 3 amide bonds. The molecule has 2 heterocycles. The van der Waals surface area contributed by atoms with Crippen LogP contribution < -0.4 is 5.32 Å². The summed E-state index contributed by atoms with van der Waals surface area (Å²) >= 11 is 0. The number of hydrogen-bond donors (Lipinski definition) is 2. The van der Waals surface area contributed by atoms with Gasteiger partial charge in [-0.1, -0.05) is 36.1 Å². The Morgan fingerprint density at radius 2 is 2.00 bits per heavy atom. The van der Waals surface area contributed by atoms with Gasteiger partial charge in [0.1, 0.15) is 19.0 Å². The number of methoxy groups -OCH3 is 1. The molecule has 2 aromatic carbocycles. The first-order valence-corrected chi connectivity index (χ1v) is 10.3. The van der Waals surface area contributed by atoms with E-state index in [0.29, 0.717) is 13.2 Å². The van der Waals surface area contributed by atoms with Crippen LogP contribution in [0.15, 0.2) is 48.5 Å². The average molecular weight is 437 g/mol. The summed E-state index contributed by atoms with van der Waals surface area (Å²) in [5.74, 6) is 5.01. The summed E-state index contributed by atoms with van der Waals surface area (Å²) in [6.07, 6.45) is 0. The van der Waals surface area contributed by atoms with Crippen molar-refractivity contribution in [1.29, 1.82) is 0 Å². The maximum absolute atomic E-state index is 13.9. The number of urea groups is 1. The molecule has 0 unspecified atom stereocenters. The van der Waals surface area contributed by atoms with Crippen molar-refractivity contribution in [1.82, 2.24) is 9.80 Å². The minimum absolute atomic E-state index is 0.0657. The fourth-order valence-corrected chi connectivity index (χ4v) is 4.41. The molecule has 2 aliphatic heterocycles. The van der Waals surface area contributed by atoms with Gasteiger partial charge in [0.25, 0.3) is 0 Å². The molecule has 0 spiro atoms. The summed E-state index contributed by atoms with van der Waals surface area (Å²) in [4.78, 5) is 28.5. The van der Waals surface area contributed by atoms with Gasteiger partial charge in [-0.2, -0.15) is 0 Å². The minimum atomic E-state index is -0.540. The topological polar surface area (TPSA) is 82.1 Å². The van der Waals surface area contributed by atoms with E-state index in [2.05, 4.69) is 17.2 Å². The fourth-order valence-electron chi connectivity index (χ4n) is 4.41. The number of anilines is 1. The van der Waals surface area contributed by atoms with Crippen LogP contribution in [0, 0.1) is 17.7 Å². The minimum Gasteiger partial charge on any atom is -0.394 e. The lowest BCUT2D eigenvalue weighted by Gasteiger charge is -2.58. The third kappa shape index (κ3) is 4.17. The van der Waals surface area contributed by atoms with Gasteiger partial charge in [0.15, 0.2) is 0 Å². The number of aliphatic hydroxyl groups excluding tert-OH is 1. The predicted octanol–water partition coefficient (Wildman–Crippen LogP) is 2.03. The highest BCUT2D eigenvalue weighted by Gasteiger charge is 2.54. The first-order valence-electron chi connectivity index (χ1n) is 10.3. The smallest absolute Gasteiger partial charge is 0.322 e. The maximum Gasteiger partial charge on any atom is 0.322 e. The fraction of sp³-hybridized carbons (Fsp3) is 0.333. The van der Waals surface area contributed by atoms with E-state index in [0.717, 1.165) is 11.1 Å². The molecule has 2 aromatic rings. The largest absolute Gasteiger partial charge is 0.394 e. The third-order valence-electron chi connectivity index (χ3n) is 5.90. The Balaban J connectivity index is 1.50. The van der Waals surface area contributed by atoms with Gasteiger partial charge >= 0.3 is 6.03 Å². The highest BCUT2D eigenvalue weighted by atomic mass is 19.1. The van der Waals surface area contributed by atoms with Gasteiger partial charge in [0, 0.05) is 25.1 Å². The number of benzene rings is 2. The molecule has 2 fully saturated rings. The molecule has 2 saturated heterocycles. The van der Waals surface area contributed by atoms with Crippen LogP contribution in [0.4, 0.5) is 14.9 Å². The number of piperazine rings is 1. The van der Waals surface area contributed by atoms with Crippen LogP contribution in [-0.4, -0.2) is 72.3 Å². The number of carbonyl (C=O) groups is 2. The first-order chi connectivity index (χ1) is 15.5. The van der Waals surface area contributed by atoms with Crippen LogP contribution in [0.2, 0.25) is 0 Å². The Hall–Kier alpha value is -3.41. The lowest BCUT2D eigenvalue weighted by atomic mass is 9.73. The molecule has 0 aliphatic carbocycles. The second kappa shape index (κ2) is 9.39. The summed E-state index contributed by atoms with van der Waals surface area (Å²) in [6, 6.07) is 12.4. The predicted molar refractivity (Wildman–Crippen MR) is 116 cm³/mol. The number of ether oxygens (including phenoxy) is 1. The van der Waals surface area contributed by atoms with E-state index in [4.69, 9.17) is 4.74 Å². The number of carbonyl (C=O) groups excluding carboxylic acids is 2. The van der Waals surface area contributed by atoms with Gasteiger partial charge in [0.2, 0.25) is 5.91 Å². The van der Waals surface area contributed by atoms with Crippen LogP contribution in [0.5, 0.6) is 0 Å². The van der Waals surface area contributed by atoms with Crippen molar-refractivity contribution in [3.63, 3.8) is 0 Å². The van der Waals surface area contributed by atoms with E-state index in [1.165, 1.54) is 23.1 Å². The van der Waals surface area contributed by atoms with Crippen molar-refractivity contribution in [3.05, 3.63) is 65.5 Å². The molecule has 32 heavy (non-hydrogen) atoms. The van der Waals surface area contributed by atoms with Gasteiger partial charge in [0.05, 0.1) is 24.4 Å². The zero-order valence-electron chi connectivity index (χ0n) is 17.6. The molecule has 0 radical (unpaired) electrons. The number of amides is 3. The molecule has 7 nitrogen and oxygen atoms in total. The number of nitrogens with one attached hydrogen (secondary N) is 1. The van der Waals surface area contributed by atoms with Crippen molar-refractivity contribution < 1.29 is 23.8 Å². The number of fused-ring (bicyclic) bond motifs is 1. The molecule has 2 aliphatic rings. The highest BCUT2D eigenvalue weighted by Crippen LogP contribution is 2.43. The van der Waals surface area contributed by atoms with Gasteiger partial charge in [-0.15, -0.1) is 0 Å². The number of hydrogen-bond acceptors (Lipinski definition) is 4. The number of nitrogens with zero attached hydrogens (tertiary/aromatic N) is 2. The number of halogens is 1. The zero-order chi connectivity index (χ0) is 22.7. The van der Waals surface area contributed by atoms with E-state index in [9.17, 15) is 19.1 Å². The van der Waals surface area contributed by atoms with Crippen molar-refractivity contribution in [2.75, 3.05) is 38.7 Å². The monoisotopic (exact) mass is 437 g/mol. The number of rotatable bonds is 4. The SMILES string of the molecule is COCC#Cc1ccc([C@@H]2[C@H]3CN(C(=O)Nc4ccccc4F)CC(=O)N3[C@H]2CO)cc1. The molecule has 2 N–H and O–H groups in total. The van der Waals surface area contributed by atoms with Gasteiger partial charge in [-0.05, 0) is 29.8 Å². The molecule has 8 heteroatoms. The lowest BCUT2D eigenvalue weighted by molar-refractivity contribution is -0.159. The van der Waals surface area contributed by atoms with E-state index < -0.39 is 11.8 Å². The molecular formula is C24H24FN3O4. The van der Waals surface area contributed by atoms with E-state index in [-0.39, 0.29) is 42.7 Å². The Morgan fingerprint density at radius 1 is 1.25 bits per heavy atom. The summed E-state index contributed by atoms with van der Waals surface area (Å²) in [5, 5.41) is 12.4. The quantitative estimate of drug-likeness (QED) is 0.718. The van der Waals surface area contributed by atoms with Crippen LogP contribution in [-0.2, 0) is 9.53 Å². The third-order valence-corrected chi connectivity index (χ3v) is 5.90. The van der Waals surface area contributed by atoms with Crippen LogP contribution >= 0.6 is 0 Å². The summed E-state index contributed by atoms with van der Waals surface area (Å²) in [6.45, 7) is 0.362. The molecule has 3 atom stereocenters. The van der Waals surface area contributed by atoms with E-state index in [1.54, 1.807) is 18.1 Å². The molecule has 0 aromatic heterocycles. The highest BCUT2D eigenvalue weighted by molar-refractivity contribution is 5.93. The molecule has 0 saturated carbocycles. The second-order valence-corrected chi connectivity index (χ2v) is 7.79. The molecule has 166 valence electrons. The van der Waals surface area contributed by atoms with Crippen molar-refractivity contribution in [3.8, 4) is 11.8 Å². The second-order valence-electron chi connectivity index (χ2n) is 7.79. The molecular weight excluding hydrogens is 413 g/mol. The zero-order valence-corrected chi connectivity index (χ0v) is 17.6. The lowest BCUT2D eigenvalue weighted by Crippen LogP contribution is -2.73. The van der Waals surface area contributed by atoms with Crippen LogP contribution in [0.3, 0.4) is 0 Å². The van der Waals surface area contributed by atoms with Gasteiger partial charge in [-0.25, -0.2) is 9.18 Å². The van der Waals surface area contributed by atoms with Crippen LogP contribution in [0.25, 0.3) is 0 Å². The standard InChI is InChI=1S/C24H24FN3O4/c1-32-12-4-5-16-8-10-17(11-9-16)23-20-13-27(14-22(30)28(20)21(23)15-29)24(31)26-19-7-3-2-6-18(19)25/h2-3,6-11,20-21,23,29H,12-15H2,1H3,(H,26,31)/t20-,21+,23-/m1/s1.